The molecule has 2 aromatic heterocycles. The van der Waals surface area contributed by atoms with Gasteiger partial charge in [0.2, 0.25) is 0 Å². The molecule has 6 heteroatoms. The zero-order valence-electron chi connectivity index (χ0n) is 11.5. The second-order valence-corrected chi connectivity index (χ2v) is 5.90. The Kier molecular flexibility index (Phi) is 5.13. The van der Waals surface area contributed by atoms with E-state index >= 15 is 0 Å². The number of aryl methyl sites for hydroxylation is 2. The molecule has 0 aromatic carbocycles. The quantitative estimate of drug-likeness (QED) is 0.875. The highest BCUT2D eigenvalue weighted by molar-refractivity contribution is 9.10. The summed E-state index contributed by atoms with van der Waals surface area (Å²) in [5.74, 6) is 0. The molecule has 4 nitrogen and oxygen atoms in total. The molecule has 2 rings (SSSR count). The fourth-order valence-electron chi connectivity index (χ4n) is 2.18. The van der Waals surface area contributed by atoms with E-state index in [1.165, 1.54) is 5.69 Å². The van der Waals surface area contributed by atoms with Gasteiger partial charge in [0, 0.05) is 18.3 Å². The van der Waals surface area contributed by atoms with Crippen LogP contribution in [0.3, 0.4) is 0 Å². The average Bonchev–Trinajstić information content (AvgIpc) is 3.01. The second kappa shape index (κ2) is 6.63. The molecule has 0 aliphatic heterocycles. The van der Waals surface area contributed by atoms with E-state index < -0.39 is 0 Å². The maximum absolute atomic E-state index is 4.55. The van der Waals surface area contributed by atoms with Crippen molar-refractivity contribution in [3.8, 4) is 0 Å². The third kappa shape index (κ3) is 3.24. The van der Waals surface area contributed by atoms with Crippen LogP contribution in [0.4, 0.5) is 0 Å². The molecule has 0 aliphatic carbocycles. The van der Waals surface area contributed by atoms with Gasteiger partial charge in [-0.05, 0) is 36.3 Å². The van der Waals surface area contributed by atoms with Gasteiger partial charge in [-0.15, -0.1) is 11.3 Å². The predicted octanol–water partition coefficient (Wildman–Crippen LogP) is 3.32. The number of nitrogens with one attached hydrogen (secondary N) is 1. The van der Waals surface area contributed by atoms with E-state index in [1.807, 2.05) is 12.4 Å². The van der Waals surface area contributed by atoms with Crippen LogP contribution in [-0.4, -0.2) is 21.3 Å². The minimum absolute atomic E-state index is 0.244. The second-order valence-electron chi connectivity index (χ2n) is 4.39. The molecule has 0 aliphatic rings. The first-order valence-electron chi connectivity index (χ1n) is 6.50. The first-order chi connectivity index (χ1) is 9.17. The van der Waals surface area contributed by atoms with Crippen molar-refractivity contribution in [1.29, 1.82) is 0 Å². The van der Waals surface area contributed by atoms with Crippen LogP contribution >= 0.6 is 27.3 Å². The Hall–Kier alpha value is -0.720. The smallest absolute Gasteiger partial charge is 0.0795 e. The van der Waals surface area contributed by atoms with Gasteiger partial charge in [0.05, 0.1) is 33.1 Å². The van der Waals surface area contributed by atoms with Crippen molar-refractivity contribution in [2.45, 2.75) is 39.8 Å². The van der Waals surface area contributed by atoms with Crippen LogP contribution < -0.4 is 5.32 Å². The Morgan fingerprint density at radius 3 is 2.84 bits per heavy atom. The number of likely N-dealkylation sites (N-methyl/N-ethyl adjacent to an activating group) is 1. The van der Waals surface area contributed by atoms with Crippen LogP contribution in [0.1, 0.15) is 37.0 Å². The summed E-state index contributed by atoms with van der Waals surface area (Å²) in [5, 5.41) is 10.2. The molecule has 2 heterocycles. The molecule has 0 radical (unpaired) electrons. The third-order valence-corrected chi connectivity index (χ3v) is 4.75. The predicted molar refractivity (Wildman–Crippen MR) is 82.6 cm³/mol. The van der Waals surface area contributed by atoms with Crippen molar-refractivity contribution in [3.05, 3.63) is 32.4 Å². The highest BCUT2D eigenvalue weighted by Gasteiger charge is 2.19. The van der Waals surface area contributed by atoms with Gasteiger partial charge >= 0.3 is 0 Å². The average molecular weight is 343 g/mol. The summed E-state index contributed by atoms with van der Waals surface area (Å²) in [5.41, 5.74) is 5.28. The molecule has 19 heavy (non-hydrogen) atoms. The van der Waals surface area contributed by atoms with Crippen LogP contribution in [0.25, 0.3) is 0 Å². The standard InChI is InChI=1S/C13H19BrN4S/c1-4-15-10(11-7-19-8-16-11)6-12-13(14)9(3)17-18(12)5-2/h7-8,10,15H,4-6H2,1-3H3. The van der Waals surface area contributed by atoms with Crippen LogP contribution in [0.15, 0.2) is 15.4 Å². The lowest BCUT2D eigenvalue weighted by molar-refractivity contribution is 0.507. The fraction of sp³-hybridized carbons (Fsp3) is 0.538. The summed E-state index contributed by atoms with van der Waals surface area (Å²) in [6.07, 6.45) is 0.896. The van der Waals surface area contributed by atoms with Crippen molar-refractivity contribution >= 4 is 27.3 Å². The maximum Gasteiger partial charge on any atom is 0.0795 e. The highest BCUT2D eigenvalue weighted by atomic mass is 79.9. The van der Waals surface area contributed by atoms with Gasteiger partial charge in [-0.3, -0.25) is 4.68 Å². The van der Waals surface area contributed by atoms with Gasteiger partial charge in [-0.1, -0.05) is 6.92 Å². The number of hydrogen-bond donors (Lipinski definition) is 1. The van der Waals surface area contributed by atoms with E-state index in [1.54, 1.807) is 11.3 Å². The Morgan fingerprint density at radius 2 is 2.26 bits per heavy atom. The molecule has 0 amide bonds. The first-order valence-corrected chi connectivity index (χ1v) is 8.24. The topological polar surface area (TPSA) is 42.7 Å². The van der Waals surface area contributed by atoms with E-state index in [9.17, 15) is 0 Å². The van der Waals surface area contributed by atoms with Gasteiger partial charge in [-0.25, -0.2) is 4.98 Å². The lowest BCUT2D eigenvalue weighted by atomic mass is 10.1. The molecule has 0 fully saturated rings. The molecule has 1 atom stereocenters. The third-order valence-electron chi connectivity index (χ3n) is 3.11. The van der Waals surface area contributed by atoms with Crippen molar-refractivity contribution in [2.75, 3.05) is 6.54 Å². The Balaban J connectivity index is 2.27. The summed E-state index contributed by atoms with van der Waals surface area (Å²) < 4.78 is 3.18. The summed E-state index contributed by atoms with van der Waals surface area (Å²) in [6.45, 7) is 8.09. The number of aromatic nitrogens is 3. The van der Waals surface area contributed by atoms with E-state index in [0.717, 1.165) is 35.4 Å². The number of hydrogen-bond acceptors (Lipinski definition) is 4. The van der Waals surface area contributed by atoms with Gasteiger partial charge in [0.15, 0.2) is 0 Å². The number of rotatable bonds is 6. The lowest BCUT2D eigenvalue weighted by Crippen LogP contribution is -2.24. The van der Waals surface area contributed by atoms with Crippen molar-refractivity contribution in [1.82, 2.24) is 20.1 Å². The number of thiazole rings is 1. The fourth-order valence-corrected chi connectivity index (χ4v) is 3.23. The Labute approximate surface area is 126 Å². The van der Waals surface area contributed by atoms with E-state index in [0.29, 0.717) is 0 Å². The van der Waals surface area contributed by atoms with Crippen molar-refractivity contribution < 1.29 is 0 Å². The number of nitrogens with zero attached hydrogens (tertiary/aromatic N) is 3. The monoisotopic (exact) mass is 342 g/mol. The largest absolute Gasteiger partial charge is 0.309 e. The minimum Gasteiger partial charge on any atom is -0.309 e. The zero-order valence-corrected chi connectivity index (χ0v) is 13.9. The SMILES string of the molecule is CCNC(Cc1c(Br)c(C)nn1CC)c1cscn1. The van der Waals surface area contributed by atoms with E-state index in [4.69, 9.17) is 0 Å². The maximum atomic E-state index is 4.55. The van der Waals surface area contributed by atoms with Crippen LogP contribution in [-0.2, 0) is 13.0 Å². The molecular weight excluding hydrogens is 324 g/mol. The van der Waals surface area contributed by atoms with E-state index in [-0.39, 0.29) is 6.04 Å². The molecular formula is C13H19BrN4S. The molecule has 2 aromatic rings. The number of halogens is 1. The van der Waals surface area contributed by atoms with Crippen LogP contribution in [0.5, 0.6) is 0 Å². The summed E-state index contributed by atoms with van der Waals surface area (Å²) >= 11 is 5.29. The summed E-state index contributed by atoms with van der Waals surface area (Å²) in [4.78, 5) is 4.43. The van der Waals surface area contributed by atoms with Gasteiger partial charge < -0.3 is 5.32 Å². The lowest BCUT2D eigenvalue weighted by Gasteiger charge is -2.16. The van der Waals surface area contributed by atoms with Gasteiger partial charge in [0.1, 0.15) is 0 Å². The van der Waals surface area contributed by atoms with Gasteiger partial charge in [0.25, 0.3) is 0 Å². The Bertz CT molecular complexity index is 521. The van der Waals surface area contributed by atoms with Crippen molar-refractivity contribution in [3.63, 3.8) is 0 Å². The normalized spacial score (nSPS) is 12.8. The first kappa shape index (κ1) is 14.7. The van der Waals surface area contributed by atoms with Gasteiger partial charge in [-0.2, -0.15) is 5.10 Å². The molecule has 0 saturated carbocycles. The Morgan fingerprint density at radius 1 is 1.47 bits per heavy atom. The molecule has 1 N–H and O–H groups in total. The van der Waals surface area contributed by atoms with Crippen LogP contribution in [0.2, 0.25) is 0 Å². The molecule has 0 saturated heterocycles. The zero-order chi connectivity index (χ0) is 13.8. The summed E-state index contributed by atoms with van der Waals surface area (Å²) in [7, 11) is 0. The minimum atomic E-state index is 0.244. The molecule has 1 unspecified atom stereocenters. The summed E-state index contributed by atoms with van der Waals surface area (Å²) in [6, 6.07) is 0.244. The van der Waals surface area contributed by atoms with Crippen molar-refractivity contribution in [2.24, 2.45) is 0 Å². The van der Waals surface area contributed by atoms with E-state index in [2.05, 4.69) is 55.2 Å². The molecule has 104 valence electrons. The molecule has 0 spiro atoms. The van der Waals surface area contributed by atoms with Crippen LogP contribution in [0, 0.1) is 6.92 Å². The highest BCUT2D eigenvalue weighted by Crippen LogP contribution is 2.26. The molecule has 0 bridgehead atoms.